The second-order valence-electron chi connectivity index (χ2n) is 5.04. The number of nitrogen functional groups attached to an aromatic ring is 1. The van der Waals surface area contributed by atoms with Gasteiger partial charge in [-0.3, -0.25) is 0 Å². The fraction of sp³-hybridized carbons (Fsp3) is 0. The van der Waals surface area contributed by atoms with E-state index in [9.17, 15) is 9.65 Å². The fourth-order valence-corrected chi connectivity index (χ4v) is 2.80. The van der Waals surface area contributed by atoms with Gasteiger partial charge in [-0.05, 0) is 24.3 Å². The van der Waals surface area contributed by atoms with Crippen LogP contribution in [0.3, 0.4) is 0 Å². The predicted molar refractivity (Wildman–Crippen MR) is 94.2 cm³/mol. The number of halogens is 3. The Balaban J connectivity index is 2.29. The summed E-state index contributed by atoms with van der Waals surface area (Å²) >= 11 is 12.3. The Kier molecular flexibility index (Phi) is 4.39. The zero-order valence-electron chi connectivity index (χ0n) is 12.2. The Hall–Kier alpha value is -2.61. The Bertz CT molecular complexity index is 980. The molecule has 0 aliphatic carbocycles. The molecule has 0 bridgehead atoms. The summed E-state index contributed by atoms with van der Waals surface area (Å²) < 4.78 is 13.5. The van der Waals surface area contributed by atoms with Crippen molar-refractivity contribution in [1.29, 1.82) is 5.26 Å². The first kappa shape index (κ1) is 16.3. The normalized spacial score (nSPS) is 10.4. The van der Waals surface area contributed by atoms with Gasteiger partial charge in [-0.1, -0.05) is 47.5 Å². The summed E-state index contributed by atoms with van der Waals surface area (Å²) in [6, 6.07) is 14.8. The van der Waals surface area contributed by atoms with Crippen LogP contribution in [0.2, 0.25) is 10.0 Å². The van der Waals surface area contributed by atoms with Gasteiger partial charge in [0.25, 0.3) is 0 Å². The molecule has 118 valence electrons. The molecule has 0 saturated carbocycles. The summed E-state index contributed by atoms with van der Waals surface area (Å²) in [5.41, 5.74) is 8.17. The molecule has 0 amide bonds. The van der Waals surface area contributed by atoms with Gasteiger partial charge in [-0.2, -0.15) is 5.26 Å². The van der Waals surface area contributed by atoms with Crippen molar-refractivity contribution in [2.24, 2.45) is 0 Å². The first-order valence-electron chi connectivity index (χ1n) is 6.92. The van der Waals surface area contributed by atoms with E-state index in [1.807, 2.05) is 6.07 Å². The van der Waals surface area contributed by atoms with Crippen LogP contribution in [0.1, 0.15) is 5.56 Å². The fourth-order valence-electron chi connectivity index (χ4n) is 2.40. The topological polar surface area (TPSA) is 62.7 Å². The second-order valence-corrected chi connectivity index (χ2v) is 5.82. The van der Waals surface area contributed by atoms with Crippen molar-refractivity contribution >= 4 is 29.0 Å². The van der Waals surface area contributed by atoms with Crippen LogP contribution in [0.4, 0.5) is 10.2 Å². The Morgan fingerprint density at radius 1 is 1.04 bits per heavy atom. The molecule has 0 aliphatic heterocycles. The molecule has 24 heavy (non-hydrogen) atoms. The van der Waals surface area contributed by atoms with Gasteiger partial charge in [0.2, 0.25) is 0 Å². The zero-order valence-corrected chi connectivity index (χ0v) is 13.7. The van der Waals surface area contributed by atoms with Crippen molar-refractivity contribution in [2.45, 2.75) is 0 Å². The second kappa shape index (κ2) is 6.48. The van der Waals surface area contributed by atoms with Crippen molar-refractivity contribution in [3.63, 3.8) is 0 Å². The highest BCUT2D eigenvalue weighted by molar-refractivity contribution is 6.43. The third-order valence-electron chi connectivity index (χ3n) is 3.52. The van der Waals surface area contributed by atoms with Crippen LogP contribution in [0, 0.1) is 17.1 Å². The molecule has 1 aromatic heterocycles. The molecule has 0 radical (unpaired) electrons. The number of anilines is 1. The molecule has 3 rings (SSSR count). The monoisotopic (exact) mass is 357 g/mol. The number of benzene rings is 2. The SMILES string of the molecule is N#Cc1c(-c2cccc(Cl)c2Cl)cc(-c2cccc(F)c2)nc1N. The van der Waals surface area contributed by atoms with Crippen LogP contribution in [0.25, 0.3) is 22.4 Å². The van der Waals surface area contributed by atoms with Gasteiger partial charge < -0.3 is 5.73 Å². The number of nitriles is 1. The minimum atomic E-state index is -0.389. The molecule has 1 heterocycles. The van der Waals surface area contributed by atoms with E-state index in [1.54, 1.807) is 36.4 Å². The third-order valence-corrected chi connectivity index (χ3v) is 4.34. The molecule has 2 N–H and O–H groups in total. The summed E-state index contributed by atoms with van der Waals surface area (Å²) in [6.45, 7) is 0. The lowest BCUT2D eigenvalue weighted by Crippen LogP contribution is -2.00. The number of pyridine rings is 1. The van der Waals surface area contributed by atoms with Gasteiger partial charge in [0.1, 0.15) is 23.3 Å². The van der Waals surface area contributed by atoms with E-state index in [0.717, 1.165) is 0 Å². The van der Waals surface area contributed by atoms with Gasteiger partial charge in [0, 0.05) is 16.7 Å². The van der Waals surface area contributed by atoms with Gasteiger partial charge in [0.15, 0.2) is 0 Å². The van der Waals surface area contributed by atoms with Crippen LogP contribution < -0.4 is 5.73 Å². The molecular formula is C18H10Cl2FN3. The molecular weight excluding hydrogens is 348 g/mol. The molecule has 0 aliphatic rings. The molecule has 0 atom stereocenters. The summed E-state index contributed by atoms with van der Waals surface area (Å²) in [6.07, 6.45) is 0. The summed E-state index contributed by atoms with van der Waals surface area (Å²) in [4.78, 5) is 4.21. The number of nitrogens with two attached hydrogens (primary N) is 1. The number of rotatable bonds is 2. The molecule has 3 aromatic rings. The molecule has 6 heteroatoms. The highest BCUT2D eigenvalue weighted by Gasteiger charge is 2.16. The Morgan fingerprint density at radius 3 is 2.50 bits per heavy atom. The van der Waals surface area contributed by atoms with E-state index in [0.29, 0.717) is 32.4 Å². The predicted octanol–water partition coefficient (Wildman–Crippen LogP) is 5.32. The lowest BCUT2D eigenvalue weighted by Gasteiger charge is -2.12. The molecule has 0 unspecified atom stereocenters. The smallest absolute Gasteiger partial charge is 0.142 e. The molecule has 0 fully saturated rings. The van der Waals surface area contributed by atoms with E-state index >= 15 is 0 Å². The Labute approximate surface area is 148 Å². The average molecular weight is 358 g/mol. The highest BCUT2D eigenvalue weighted by Crippen LogP contribution is 2.38. The minimum absolute atomic E-state index is 0.0466. The number of hydrogen-bond acceptors (Lipinski definition) is 3. The third kappa shape index (κ3) is 2.92. The van der Waals surface area contributed by atoms with E-state index in [4.69, 9.17) is 28.9 Å². The van der Waals surface area contributed by atoms with Gasteiger partial charge in [0.05, 0.1) is 15.7 Å². The van der Waals surface area contributed by atoms with Gasteiger partial charge in [-0.15, -0.1) is 0 Å². The maximum absolute atomic E-state index is 13.5. The van der Waals surface area contributed by atoms with Crippen molar-refractivity contribution in [3.05, 3.63) is 70.0 Å². The zero-order chi connectivity index (χ0) is 17.3. The van der Waals surface area contributed by atoms with E-state index in [2.05, 4.69) is 4.98 Å². The summed E-state index contributed by atoms with van der Waals surface area (Å²) in [5.74, 6) is -0.343. The lowest BCUT2D eigenvalue weighted by atomic mass is 9.98. The van der Waals surface area contributed by atoms with Crippen LogP contribution in [-0.2, 0) is 0 Å². The Morgan fingerprint density at radius 2 is 1.79 bits per heavy atom. The number of aromatic nitrogens is 1. The van der Waals surface area contributed by atoms with Crippen molar-refractivity contribution < 1.29 is 4.39 Å². The quantitative estimate of drug-likeness (QED) is 0.675. The first-order chi connectivity index (χ1) is 11.5. The van der Waals surface area contributed by atoms with Crippen molar-refractivity contribution in [1.82, 2.24) is 4.98 Å². The van der Waals surface area contributed by atoms with E-state index < -0.39 is 0 Å². The largest absolute Gasteiger partial charge is 0.383 e. The average Bonchev–Trinajstić information content (AvgIpc) is 2.56. The van der Waals surface area contributed by atoms with Crippen LogP contribution in [0.15, 0.2) is 48.5 Å². The molecule has 0 saturated heterocycles. The van der Waals surface area contributed by atoms with Crippen LogP contribution in [-0.4, -0.2) is 4.98 Å². The standard InChI is InChI=1S/C18H10Cl2FN3/c19-15-6-2-5-12(17(15)20)13-8-16(24-18(23)14(13)9-22)10-3-1-4-11(21)7-10/h1-8H,(H2,23,24). The summed E-state index contributed by atoms with van der Waals surface area (Å²) in [5, 5.41) is 10.1. The summed E-state index contributed by atoms with van der Waals surface area (Å²) in [7, 11) is 0. The first-order valence-corrected chi connectivity index (χ1v) is 7.68. The molecule has 2 aromatic carbocycles. The molecule has 3 nitrogen and oxygen atoms in total. The minimum Gasteiger partial charge on any atom is -0.383 e. The lowest BCUT2D eigenvalue weighted by molar-refractivity contribution is 0.628. The van der Waals surface area contributed by atoms with Crippen LogP contribution in [0.5, 0.6) is 0 Å². The van der Waals surface area contributed by atoms with Crippen molar-refractivity contribution in [2.75, 3.05) is 5.73 Å². The number of hydrogen-bond donors (Lipinski definition) is 1. The van der Waals surface area contributed by atoms with Gasteiger partial charge in [-0.25, -0.2) is 9.37 Å². The molecule has 0 spiro atoms. The maximum Gasteiger partial charge on any atom is 0.142 e. The van der Waals surface area contributed by atoms with Crippen LogP contribution >= 0.6 is 23.2 Å². The highest BCUT2D eigenvalue weighted by atomic mass is 35.5. The van der Waals surface area contributed by atoms with E-state index in [-0.39, 0.29) is 17.2 Å². The van der Waals surface area contributed by atoms with Gasteiger partial charge >= 0.3 is 0 Å². The maximum atomic E-state index is 13.5. The van der Waals surface area contributed by atoms with E-state index in [1.165, 1.54) is 12.1 Å². The number of nitrogens with zero attached hydrogens (tertiary/aromatic N) is 2. The van der Waals surface area contributed by atoms with Crippen molar-refractivity contribution in [3.8, 4) is 28.5 Å².